The van der Waals surface area contributed by atoms with Crippen molar-refractivity contribution in [2.75, 3.05) is 13.1 Å². The molecule has 0 bridgehead atoms. The molecule has 1 N–H and O–H groups in total. The third-order valence-electron chi connectivity index (χ3n) is 5.23. The number of carboxylic acid groups (broad SMARTS) is 1. The standard InChI is InChI=1S/C19H24N4O4/c1-2-19(18(25)26)9-5-11-23(13-19)16(24)8-3-7-15-21-17(22-27-15)14-6-4-10-20-12-14/h4,6,10,12H,2-3,5,7-9,11,13H2,1H3,(H,25,26). The Labute approximate surface area is 157 Å². The monoisotopic (exact) mass is 372 g/mol. The second-order valence-corrected chi connectivity index (χ2v) is 6.96. The Morgan fingerprint density at radius 2 is 2.26 bits per heavy atom. The van der Waals surface area contributed by atoms with Crippen molar-refractivity contribution in [2.45, 2.75) is 45.4 Å². The predicted molar refractivity (Wildman–Crippen MR) is 96.6 cm³/mol. The van der Waals surface area contributed by atoms with Crippen LogP contribution in [-0.2, 0) is 16.0 Å². The molecular formula is C19H24N4O4. The number of hydrogen-bond acceptors (Lipinski definition) is 6. The molecular weight excluding hydrogens is 348 g/mol. The average Bonchev–Trinajstić information content (AvgIpc) is 3.17. The van der Waals surface area contributed by atoms with Gasteiger partial charge in [0.2, 0.25) is 17.6 Å². The number of piperidine rings is 1. The summed E-state index contributed by atoms with van der Waals surface area (Å²) in [6, 6.07) is 3.65. The molecule has 27 heavy (non-hydrogen) atoms. The number of pyridine rings is 1. The number of nitrogens with zero attached hydrogens (tertiary/aromatic N) is 4. The minimum atomic E-state index is -0.809. The topological polar surface area (TPSA) is 109 Å². The molecule has 3 rings (SSSR count). The third-order valence-corrected chi connectivity index (χ3v) is 5.23. The summed E-state index contributed by atoms with van der Waals surface area (Å²) in [6.45, 7) is 2.79. The Kier molecular flexibility index (Phi) is 5.83. The zero-order chi connectivity index (χ0) is 19.3. The summed E-state index contributed by atoms with van der Waals surface area (Å²) in [7, 11) is 0. The zero-order valence-corrected chi connectivity index (χ0v) is 15.4. The molecule has 2 aromatic heterocycles. The predicted octanol–water partition coefficient (Wildman–Crippen LogP) is 2.56. The van der Waals surface area contributed by atoms with Crippen LogP contribution in [-0.4, -0.2) is 50.1 Å². The molecule has 1 amide bonds. The van der Waals surface area contributed by atoms with Gasteiger partial charge in [-0.3, -0.25) is 14.6 Å². The fourth-order valence-corrected chi connectivity index (χ4v) is 3.48. The first-order valence-corrected chi connectivity index (χ1v) is 9.28. The summed E-state index contributed by atoms with van der Waals surface area (Å²) in [5, 5.41) is 13.5. The number of aromatic nitrogens is 3. The smallest absolute Gasteiger partial charge is 0.311 e. The molecule has 0 aliphatic carbocycles. The first-order chi connectivity index (χ1) is 13.0. The summed E-state index contributed by atoms with van der Waals surface area (Å²) < 4.78 is 5.24. The molecule has 0 saturated carbocycles. The van der Waals surface area contributed by atoms with Crippen molar-refractivity contribution in [3.63, 3.8) is 0 Å². The SMILES string of the molecule is CCC1(C(=O)O)CCCN(C(=O)CCCc2nc(-c3cccnc3)no2)C1. The highest BCUT2D eigenvalue weighted by atomic mass is 16.5. The molecule has 1 unspecified atom stereocenters. The number of aliphatic carboxylic acids is 1. The van der Waals surface area contributed by atoms with Gasteiger partial charge in [0, 0.05) is 43.9 Å². The molecule has 0 aromatic carbocycles. The molecule has 2 aromatic rings. The highest BCUT2D eigenvalue weighted by molar-refractivity contribution is 5.79. The van der Waals surface area contributed by atoms with Crippen LogP contribution in [0.25, 0.3) is 11.4 Å². The quantitative estimate of drug-likeness (QED) is 0.795. The Bertz CT molecular complexity index is 792. The maximum Gasteiger partial charge on any atom is 0.311 e. The van der Waals surface area contributed by atoms with E-state index in [2.05, 4.69) is 15.1 Å². The van der Waals surface area contributed by atoms with Crippen LogP contribution in [0.3, 0.4) is 0 Å². The lowest BCUT2D eigenvalue weighted by Crippen LogP contribution is -2.49. The van der Waals surface area contributed by atoms with Gasteiger partial charge in [0.25, 0.3) is 0 Å². The number of likely N-dealkylation sites (tertiary alicyclic amines) is 1. The summed E-state index contributed by atoms with van der Waals surface area (Å²) >= 11 is 0. The second-order valence-electron chi connectivity index (χ2n) is 6.96. The van der Waals surface area contributed by atoms with Gasteiger partial charge in [0.15, 0.2) is 0 Å². The van der Waals surface area contributed by atoms with Gasteiger partial charge in [-0.05, 0) is 37.8 Å². The van der Waals surface area contributed by atoms with Crippen LogP contribution in [0.4, 0.5) is 0 Å². The minimum absolute atomic E-state index is 0.0132. The molecule has 144 valence electrons. The van der Waals surface area contributed by atoms with Crippen LogP contribution < -0.4 is 0 Å². The fraction of sp³-hybridized carbons (Fsp3) is 0.526. The number of carbonyl (C=O) groups is 2. The van der Waals surface area contributed by atoms with E-state index in [0.29, 0.717) is 56.9 Å². The van der Waals surface area contributed by atoms with Crippen LogP contribution in [0.15, 0.2) is 29.0 Å². The number of amides is 1. The van der Waals surface area contributed by atoms with Gasteiger partial charge < -0.3 is 14.5 Å². The van der Waals surface area contributed by atoms with E-state index >= 15 is 0 Å². The van der Waals surface area contributed by atoms with Crippen molar-refractivity contribution in [3.05, 3.63) is 30.4 Å². The number of carbonyl (C=O) groups excluding carboxylic acids is 1. The molecule has 3 heterocycles. The van der Waals surface area contributed by atoms with Crippen LogP contribution in [0, 0.1) is 5.41 Å². The summed E-state index contributed by atoms with van der Waals surface area (Å²) in [4.78, 5) is 34.2. The van der Waals surface area contributed by atoms with Crippen LogP contribution in [0.5, 0.6) is 0 Å². The number of hydrogen-bond donors (Lipinski definition) is 1. The highest BCUT2D eigenvalue weighted by Gasteiger charge is 2.41. The van der Waals surface area contributed by atoms with Crippen molar-refractivity contribution >= 4 is 11.9 Å². The molecule has 8 nitrogen and oxygen atoms in total. The number of rotatable bonds is 7. The van der Waals surface area contributed by atoms with E-state index in [0.717, 1.165) is 12.0 Å². The average molecular weight is 372 g/mol. The summed E-state index contributed by atoms with van der Waals surface area (Å²) in [5.74, 6) is 0.139. The molecule has 0 radical (unpaired) electrons. The number of aryl methyl sites for hydroxylation is 1. The largest absolute Gasteiger partial charge is 0.481 e. The van der Waals surface area contributed by atoms with Crippen LogP contribution >= 0.6 is 0 Å². The molecule has 8 heteroatoms. The van der Waals surface area contributed by atoms with Crippen LogP contribution in [0.1, 0.15) is 44.9 Å². The highest BCUT2D eigenvalue weighted by Crippen LogP contribution is 2.34. The molecule has 1 aliphatic heterocycles. The van der Waals surface area contributed by atoms with Crippen molar-refractivity contribution in [3.8, 4) is 11.4 Å². The molecule has 1 saturated heterocycles. The van der Waals surface area contributed by atoms with E-state index < -0.39 is 11.4 Å². The van der Waals surface area contributed by atoms with Crippen molar-refractivity contribution in [1.82, 2.24) is 20.0 Å². The van der Waals surface area contributed by atoms with Gasteiger partial charge in [-0.25, -0.2) is 0 Å². The molecule has 1 fully saturated rings. The lowest BCUT2D eigenvalue weighted by molar-refractivity contribution is -0.155. The summed E-state index contributed by atoms with van der Waals surface area (Å²) in [5.41, 5.74) is -0.0274. The normalized spacial score (nSPS) is 19.8. The molecule has 1 aliphatic rings. The first-order valence-electron chi connectivity index (χ1n) is 9.28. The maximum absolute atomic E-state index is 12.5. The fourth-order valence-electron chi connectivity index (χ4n) is 3.48. The summed E-state index contributed by atoms with van der Waals surface area (Å²) in [6.07, 6.45) is 6.65. The van der Waals surface area contributed by atoms with E-state index in [1.54, 1.807) is 23.4 Å². The molecule has 1 atom stereocenters. The zero-order valence-electron chi connectivity index (χ0n) is 15.4. The lowest BCUT2D eigenvalue weighted by atomic mass is 9.77. The van der Waals surface area contributed by atoms with E-state index in [9.17, 15) is 14.7 Å². The first kappa shape index (κ1) is 19.0. The van der Waals surface area contributed by atoms with E-state index in [1.807, 2.05) is 13.0 Å². The molecule has 0 spiro atoms. The van der Waals surface area contributed by atoms with E-state index in [4.69, 9.17) is 4.52 Å². The third kappa shape index (κ3) is 4.32. The Hall–Kier alpha value is -2.77. The minimum Gasteiger partial charge on any atom is -0.481 e. The second kappa shape index (κ2) is 8.28. The van der Waals surface area contributed by atoms with E-state index in [-0.39, 0.29) is 5.91 Å². The van der Waals surface area contributed by atoms with Gasteiger partial charge in [0.05, 0.1) is 5.41 Å². The lowest BCUT2D eigenvalue weighted by Gasteiger charge is -2.39. The Morgan fingerprint density at radius 1 is 1.41 bits per heavy atom. The van der Waals surface area contributed by atoms with Gasteiger partial charge in [-0.1, -0.05) is 12.1 Å². The van der Waals surface area contributed by atoms with E-state index in [1.165, 1.54) is 0 Å². The van der Waals surface area contributed by atoms with Crippen molar-refractivity contribution in [2.24, 2.45) is 5.41 Å². The van der Waals surface area contributed by atoms with Crippen molar-refractivity contribution in [1.29, 1.82) is 0 Å². The van der Waals surface area contributed by atoms with Gasteiger partial charge >= 0.3 is 5.97 Å². The van der Waals surface area contributed by atoms with Gasteiger partial charge in [-0.2, -0.15) is 4.98 Å². The number of carboxylic acids is 1. The Morgan fingerprint density at radius 3 is 2.96 bits per heavy atom. The Balaban J connectivity index is 1.51. The maximum atomic E-state index is 12.5. The van der Waals surface area contributed by atoms with Crippen molar-refractivity contribution < 1.29 is 19.2 Å². The van der Waals surface area contributed by atoms with Gasteiger partial charge in [-0.15, -0.1) is 0 Å². The van der Waals surface area contributed by atoms with Gasteiger partial charge in [0.1, 0.15) is 0 Å². The van der Waals surface area contributed by atoms with Crippen LogP contribution in [0.2, 0.25) is 0 Å².